The van der Waals surface area contributed by atoms with E-state index in [1.165, 1.54) is 0 Å². The number of carbonyl (C=O) groups excluding carboxylic acids is 3. The first-order chi connectivity index (χ1) is 12.3. The summed E-state index contributed by atoms with van der Waals surface area (Å²) in [6.45, 7) is 5.20. The molecular weight excluding hydrogens is 334 g/mol. The van der Waals surface area contributed by atoms with Crippen LogP contribution in [0.15, 0.2) is 29.4 Å². The summed E-state index contributed by atoms with van der Waals surface area (Å²) in [5, 5.41) is 7.58. The van der Waals surface area contributed by atoms with Crippen molar-refractivity contribution in [3.63, 3.8) is 0 Å². The van der Waals surface area contributed by atoms with E-state index in [-0.39, 0.29) is 24.8 Å². The summed E-state index contributed by atoms with van der Waals surface area (Å²) in [7, 11) is 0. The van der Waals surface area contributed by atoms with Gasteiger partial charge in [-0.15, -0.1) is 0 Å². The molecule has 0 aliphatic carbocycles. The normalized spacial score (nSPS) is 16.5. The van der Waals surface area contributed by atoms with Crippen molar-refractivity contribution in [2.45, 2.75) is 32.7 Å². The van der Waals surface area contributed by atoms with Crippen molar-refractivity contribution < 1.29 is 14.4 Å². The van der Waals surface area contributed by atoms with E-state index in [1.54, 1.807) is 20.1 Å². The average Bonchev–Trinajstić information content (AvgIpc) is 2.99. The SMILES string of the molecule is Cc1[nH]c2ccccc2c1/C=N/NC(=O)CCN1C(=O)NC(C)(C)C1=O. The number of nitrogens with one attached hydrogen (secondary N) is 3. The molecular formula is C18H21N5O3. The standard InChI is InChI=1S/C18H21N5O3/c1-11-13(12-6-4-5-7-14(12)20-11)10-19-22-15(24)8-9-23-16(25)18(2,3)21-17(23)26/h4-7,10,20H,8-9H2,1-3H3,(H,21,26)(H,22,24)/b19-10+. The number of aromatic nitrogens is 1. The van der Waals surface area contributed by atoms with Crippen LogP contribution in [0.25, 0.3) is 10.9 Å². The van der Waals surface area contributed by atoms with Crippen LogP contribution in [0.4, 0.5) is 4.79 Å². The predicted molar refractivity (Wildman–Crippen MR) is 97.7 cm³/mol. The highest BCUT2D eigenvalue weighted by molar-refractivity contribution is 6.06. The van der Waals surface area contributed by atoms with Crippen LogP contribution in [-0.4, -0.2) is 46.0 Å². The fourth-order valence-electron chi connectivity index (χ4n) is 2.92. The molecule has 0 unspecified atom stereocenters. The highest BCUT2D eigenvalue weighted by atomic mass is 16.2. The van der Waals surface area contributed by atoms with Crippen molar-refractivity contribution in [3.8, 4) is 0 Å². The van der Waals surface area contributed by atoms with Crippen LogP contribution >= 0.6 is 0 Å². The Hall–Kier alpha value is -3.16. The summed E-state index contributed by atoms with van der Waals surface area (Å²) in [6.07, 6.45) is 1.57. The summed E-state index contributed by atoms with van der Waals surface area (Å²) in [4.78, 5) is 40.1. The van der Waals surface area contributed by atoms with E-state index < -0.39 is 11.6 Å². The molecule has 2 aromatic rings. The molecule has 0 radical (unpaired) electrons. The van der Waals surface area contributed by atoms with Crippen LogP contribution in [0.1, 0.15) is 31.5 Å². The second-order valence-corrected chi connectivity index (χ2v) is 6.76. The maximum atomic E-state index is 12.1. The topological polar surface area (TPSA) is 107 Å². The highest BCUT2D eigenvalue weighted by Crippen LogP contribution is 2.20. The number of fused-ring (bicyclic) bond motifs is 1. The zero-order valence-electron chi connectivity index (χ0n) is 14.9. The number of carbonyl (C=O) groups is 3. The number of urea groups is 1. The molecule has 0 bridgehead atoms. The van der Waals surface area contributed by atoms with Gasteiger partial charge in [0.2, 0.25) is 5.91 Å². The summed E-state index contributed by atoms with van der Waals surface area (Å²) in [6, 6.07) is 7.34. The Morgan fingerprint density at radius 1 is 1.31 bits per heavy atom. The van der Waals surface area contributed by atoms with Crippen LogP contribution in [0.2, 0.25) is 0 Å². The lowest BCUT2D eigenvalue weighted by molar-refractivity contribution is -0.130. The van der Waals surface area contributed by atoms with E-state index >= 15 is 0 Å². The van der Waals surface area contributed by atoms with Crippen molar-refractivity contribution in [3.05, 3.63) is 35.5 Å². The molecule has 8 nitrogen and oxygen atoms in total. The Labute approximate surface area is 150 Å². The monoisotopic (exact) mass is 355 g/mol. The number of benzene rings is 1. The van der Waals surface area contributed by atoms with Crippen molar-refractivity contribution in [1.82, 2.24) is 20.6 Å². The maximum absolute atomic E-state index is 12.1. The second kappa shape index (κ2) is 6.62. The molecule has 0 atom stereocenters. The third-order valence-corrected chi connectivity index (χ3v) is 4.33. The number of H-pyrrole nitrogens is 1. The fraction of sp³-hybridized carbons (Fsp3) is 0.333. The lowest BCUT2D eigenvalue weighted by Gasteiger charge is -2.15. The summed E-state index contributed by atoms with van der Waals surface area (Å²) >= 11 is 0. The lowest BCUT2D eigenvalue weighted by Crippen LogP contribution is -2.40. The van der Waals surface area contributed by atoms with Gasteiger partial charge in [0.1, 0.15) is 5.54 Å². The summed E-state index contributed by atoms with van der Waals surface area (Å²) in [5.74, 6) is -0.711. The van der Waals surface area contributed by atoms with Crippen molar-refractivity contribution in [2.75, 3.05) is 6.54 Å². The minimum Gasteiger partial charge on any atom is -0.358 e. The molecule has 1 aliphatic heterocycles. The van der Waals surface area contributed by atoms with Gasteiger partial charge in [0, 0.05) is 35.1 Å². The zero-order chi connectivity index (χ0) is 18.9. The van der Waals surface area contributed by atoms with Crippen molar-refractivity contribution in [1.29, 1.82) is 0 Å². The largest absolute Gasteiger partial charge is 0.358 e. The number of aryl methyl sites for hydroxylation is 1. The van der Waals surface area contributed by atoms with Crippen LogP contribution in [-0.2, 0) is 9.59 Å². The van der Waals surface area contributed by atoms with E-state index in [0.29, 0.717) is 0 Å². The lowest BCUT2D eigenvalue weighted by atomic mass is 10.1. The molecule has 8 heteroatoms. The van der Waals surface area contributed by atoms with Crippen LogP contribution in [0, 0.1) is 6.92 Å². The summed E-state index contributed by atoms with van der Waals surface area (Å²) in [5.41, 5.74) is 4.35. The number of hydrogen-bond donors (Lipinski definition) is 3. The van der Waals surface area contributed by atoms with Crippen LogP contribution < -0.4 is 10.7 Å². The zero-order valence-corrected chi connectivity index (χ0v) is 14.9. The van der Waals surface area contributed by atoms with Gasteiger partial charge in [0.05, 0.1) is 6.21 Å². The molecule has 1 fully saturated rings. The molecule has 0 spiro atoms. The Morgan fingerprint density at radius 2 is 2.04 bits per heavy atom. The molecule has 136 valence electrons. The molecule has 1 aliphatic rings. The van der Waals surface area contributed by atoms with Crippen molar-refractivity contribution in [2.24, 2.45) is 5.10 Å². The number of hydrazone groups is 1. The quantitative estimate of drug-likeness (QED) is 0.431. The Morgan fingerprint density at radius 3 is 2.73 bits per heavy atom. The number of nitrogens with zero attached hydrogens (tertiary/aromatic N) is 2. The Bertz CT molecular complexity index is 913. The third-order valence-electron chi connectivity index (χ3n) is 4.33. The first kappa shape index (κ1) is 17.7. The minimum atomic E-state index is -0.932. The van der Waals surface area contributed by atoms with Gasteiger partial charge in [-0.2, -0.15) is 5.10 Å². The Balaban J connectivity index is 1.57. The smallest absolute Gasteiger partial charge is 0.325 e. The fourth-order valence-corrected chi connectivity index (χ4v) is 2.92. The molecule has 1 aromatic heterocycles. The molecule has 0 saturated carbocycles. The van der Waals surface area contributed by atoms with E-state index in [0.717, 1.165) is 27.1 Å². The van der Waals surface area contributed by atoms with Gasteiger partial charge in [-0.3, -0.25) is 14.5 Å². The van der Waals surface area contributed by atoms with Crippen LogP contribution in [0.5, 0.6) is 0 Å². The number of amides is 4. The maximum Gasteiger partial charge on any atom is 0.325 e. The van der Waals surface area contributed by atoms with E-state index in [2.05, 4.69) is 20.8 Å². The number of aromatic amines is 1. The van der Waals surface area contributed by atoms with Gasteiger partial charge < -0.3 is 10.3 Å². The van der Waals surface area contributed by atoms with Crippen LogP contribution in [0.3, 0.4) is 0 Å². The van der Waals surface area contributed by atoms with Gasteiger partial charge in [-0.1, -0.05) is 18.2 Å². The molecule has 2 heterocycles. The second-order valence-electron chi connectivity index (χ2n) is 6.76. The first-order valence-corrected chi connectivity index (χ1v) is 8.33. The van der Waals surface area contributed by atoms with E-state index in [9.17, 15) is 14.4 Å². The molecule has 3 rings (SSSR count). The van der Waals surface area contributed by atoms with Gasteiger partial charge in [-0.25, -0.2) is 10.2 Å². The molecule has 4 amide bonds. The van der Waals surface area contributed by atoms with E-state index in [1.807, 2.05) is 31.2 Å². The number of imide groups is 1. The van der Waals surface area contributed by atoms with Gasteiger partial charge >= 0.3 is 6.03 Å². The number of rotatable bonds is 5. The van der Waals surface area contributed by atoms with Gasteiger partial charge in [-0.05, 0) is 26.8 Å². The predicted octanol–water partition coefficient (Wildman–Crippen LogP) is 1.65. The first-order valence-electron chi connectivity index (χ1n) is 8.33. The van der Waals surface area contributed by atoms with Gasteiger partial charge in [0.25, 0.3) is 5.91 Å². The van der Waals surface area contributed by atoms with Gasteiger partial charge in [0.15, 0.2) is 0 Å². The molecule has 3 N–H and O–H groups in total. The average molecular weight is 355 g/mol. The third kappa shape index (κ3) is 3.30. The minimum absolute atomic E-state index is 0.0144. The number of hydrogen-bond acceptors (Lipinski definition) is 4. The molecule has 1 aromatic carbocycles. The number of para-hydroxylation sites is 1. The van der Waals surface area contributed by atoms with E-state index in [4.69, 9.17) is 0 Å². The molecule has 26 heavy (non-hydrogen) atoms. The molecule has 1 saturated heterocycles. The summed E-state index contributed by atoms with van der Waals surface area (Å²) < 4.78 is 0. The Kier molecular flexibility index (Phi) is 4.50. The highest BCUT2D eigenvalue weighted by Gasteiger charge is 2.43. The van der Waals surface area contributed by atoms with Crippen molar-refractivity contribution >= 4 is 35.0 Å².